The van der Waals surface area contributed by atoms with Gasteiger partial charge in [-0.3, -0.25) is 9.59 Å². The number of β-lactam (4-membered cyclic amide) rings is 1. The normalized spacial score (nSPS) is 35.2. The number of fused-ring (bicyclic) bond motifs is 1. The summed E-state index contributed by atoms with van der Waals surface area (Å²) in [5.74, 6) is -1.94. The molecule has 32 heavy (non-hydrogen) atoms. The number of ketones is 1. The van der Waals surface area contributed by atoms with Gasteiger partial charge in [0.1, 0.15) is 11.5 Å². The van der Waals surface area contributed by atoms with Crippen molar-refractivity contribution in [1.82, 2.24) is 15.1 Å². The number of rotatable bonds is 7. The van der Waals surface area contributed by atoms with Gasteiger partial charge in [0.25, 0.3) is 0 Å². The number of Topliss-reactive ketones (excluding diaryl/α,β-unsaturated/α-hetero) is 1. The number of carbonyl (C=O) groups excluding carboxylic acids is 3. The zero-order chi connectivity index (χ0) is 23.3. The lowest BCUT2D eigenvalue weighted by molar-refractivity contribution is -0.160. The Morgan fingerprint density at radius 2 is 2.03 bits per heavy atom. The van der Waals surface area contributed by atoms with E-state index in [0.29, 0.717) is 43.8 Å². The van der Waals surface area contributed by atoms with Gasteiger partial charge in [-0.05, 0) is 25.7 Å². The molecular formula is C22H31N3O6S. The molecule has 0 aromatic rings. The second kappa shape index (κ2) is 8.79. The van der Waals surface area contributed by atoms with Crippen LogP contribution in [-0.4, -0.2) is 86.7 Å². The number of carboxylic acid groups (broad SMARTS) is 1. The minimum atomic E-state index is -1.11. The predicted octanol–water partition coefficient (Wildman–Crippen LogP) is 0.431. The molecule has 3 N–H and O–H groups in total. The van der Waals surface area contributed by atoms with E-state index in [1.165, 1.54) is 23.6 Å². The number of carboxylic acids is 1. The van der Waals surface area contributed by atoms with Gasteiger partial charge in [0.15, 0.2) is 0 Å². The van der Waals surface area contributed by atoms with E-state index in [1.807, 2.05) is 13.8 Å². The van der Waals surface area contributed by atoms with Gasteiger partial charge in [0.05, 0.1) is 24.1 Å². The Morgan fingerprint density at radius 3 is 2.62 bits per heavy atom. The maximum Gasteiger partial charge on any atom is 0.353 e. The number of thioether (sulfide) groups is 1. The average molecular weight is 466 g/mol. The molecule has 4 aliphatic heterocycles. The molecule has 9 nitrogen and oxygen atoms in total. The van der Waals surface area contributed by atoms with Gasteiger partial charge in [-0.2, -0.15) is 0 Å². The van der Waals surface area contributed by atoms with Crippen molar-refractivity contribution in [2.45, 2.75) is 63.5 Å². The second-order valence-electron chi connectivity index (χ2n) is 9.58. The number of β-amino-alcohol motifs (C(OH)–C–C–N with tert-alkyl or cyclic N) is 1. The molecule has 0 aromatic carbocycles. The van der Waals surface area contributed by atoms with Crippen molar-refractivity contribution in [2.24, 2.45) is 17.8 Å². The molecule has 176 valence electrons. The molecule has 3 saturated heterocycles. The monoisotopic (exact) mass is 465 g/mol. The molecule has 0 aromatic heterocycles. The molecular weight excluding hydrogens is 434 g/mol. The fraction of sp³-hybridized carbons (Fsp3) is 0.727. The van der Waals surface area contributed by atoms with Gasteiger partial charge < -0.3 is 30.1 Å². The van der Waals surface area contributed by atoms with Gasteiger partial charge >= 0.3 is 5.97 Å². The van der Waals surface area contributed by atoms with Crippen molar-refractivity contribution >= 4 is 35.3 Å². The molecule has 2 amide bonds. The maximum atomic E-state index is 12.8. The fourth-order valence-corrected chi connectivity index (χ4v) is 7.15. The van der Waals surface area contributed by atoms with Crippen LogP contribution in [0, 0.1) is 17.8 Å². The summed E-state index contributed by atoms with van der Waals surface area (Å²) in [4.78, 5) is 53.0. The highest BCUT2D eigenvalue weighted by Gasteiger charge is 2.60. The zero-order valence-corrected chi connectivity index (χ0v) is 19.4. The number of aliphatic hydroxyl groups is 1. The fourth-order valence-electron chi connectivity index (χ4n) is 5.67. The first-order valence-electron chi connectivity index (χ1n) is 11.3. The summed E-state index contributed by atoms with van der Waals surface area (Å²) in [6, 6.07) is -0.575. The van der Waals surface area contributed by atoms with Crippen molar-refractivity contribution in [2.75, 3.05) is 19.6 Å². The van der Waals surface area contributed by atoms with E-state index < -0.39 is 12.1 Å². The number of hydrogen-bond donors (Lipinski definition) is 3. The van der Waals surface area contributed by atoms with E-state index in [-0.39, 0.29) is 58.4 Å². The minimum absolute atomic E-state index is 0.0187. The number of aliphatic carboxylic acids is 1. The number of nitrogens with zero attached hydrogens (tertiary/aromatic N) is 2. The third-order valence-electron chi connectivity index (χ3n) is 7.17. The Balaban J connectivity index is 1.45. The lowest BCUT2D eigenvalue weighted by atomic mass is 9.73. The summed E-state index contributed by atoms with van der Waals surface area (Å²) < 4.78 is 0. The van der Waals surface area contributed by atoms with Crippen LogP contribution in [0.2, 0.25) is 0 Å². The SMILES string of the molecule is CC(=O)C[C@H](C)[C@H]1C(=O)N2C(C(=O)O)=C(S[C@@H]3CN[C@H](C(=O)N4CC[C@H](O)C4)C3)[C@H](C)[C@H]12. The van der Waals surface area contributed by atoms with Crippen molar-refractivity contribution in [3.63, 3.8) is 0 Å². The first-order chi connectivity index (χ1) is 15.1. The predicted molar refractivity (Wildman–Crippen MR) is 117 cm³/mol. The summed E-state index contributed by atoms with van der Waals surface area (Å²) in [7, 11) is 0. The van der Waals surface area contributed by atoms with Gasteiger partial charge in [-0.25, -0.2) is 4.79 Å². The van der Waals surface area contributed by atoms with Crippen molar-refractivity contribution < 1.29 is 29.4 Å². The molecule has 10 heteroatoms. The Morgan fingerprint density at radius 1 is 1.31 bits per heavy atom. The number of nitrogens with one attached hydrogen (secondary N) is 1. The second-order valence-corrected chi connectivity index (χ2v) is 10.9. The molecule has 4 rings (SSSR count). The highest BCUT2D eigenvalue weighted by Crippen LogP contribution is 2.53. The summed E-state index contributed by atoms with van der Waals surface area (Å²) >= 11 is 1.46. The molecule has 0 saturated carbocycles. The Labute approximate surface area is 191 Å². The van der Waals surface area contributed by atoms with Gasteiger partial charge in [0.2, 0.25) is 11.8 Å². The van der Waals surface area contributed by atoms with E-state index in [0.717, 1.165) is 0 Å². The third-order valence-corrected chi connectivity index (χ3v) is 8.68. The smallest absolute Gasteiger partial charge is 0.353 e. The highest BCUT2D eigenvalue weighted by molar-refractivity contribution is 8.03. The van der Waals surface area contributed by atoms with Crippen LogP contribution in [0.3, 0.4) is 0 Å². The van der Waals surface area contributed by atoms with Crippen LogP contribution in [0.25, 0.3) is 0 Å². The summed E-state index contributed by atoms with van der Waals surface area (Å²) in [5.41, 5.74) is 0.0567. The Bertz CT molecular complexity index is 876. The Hall–Kier alpha value is -1.91. The topological polar surface area (TPSA) is 127 Å². The van der Waals surface area contributed by atoms with Crippen LogP contribution in [0.15, 0.2) is 10.6 Å². The molecule has 3 fully saturated rings. The van der Waals surface area contributed by atoms with Crippen LogP contribution in [0.4, 0.5) is 0 Å². The van der Waals surface area contributed by atoms with Crippen molar-refractivity contribution in [3.05, 3.63) is 10.6 Å². The number of amides is 2. The van der Waals surface area contributed by atoms with Crippen LogP contribution >= 0.6 is 11.8 Å². The molecule has 0 spiro atoms. The van der Waals surface area contributed by atoms with E-state index in [2.05, 4.69) is 5.32 Å². The highest BCUT2D eigenvalue weighted by atomic mass is 32.2. The van der Waals surface area contributed by atoms with E-state index >= 15 is 0 Å². The third kappa shape index (κ3) is 3.97. The average Bonchev–Trinajstić information content (AvgIpc) is 3.40. The van der Waals surface area contributed by atoms with Crippen molar-refractivity contribution in [1.29, 1.82) is 0 Å². The largest absolute Gasteiger partial charge is 0.477 e. The maximum absolute atomic E-state index is 12.8. The number of carbonyl (C=O) groups is 4. The van der Waals surface area contributed by atoms with Crippen LogP contribution < -0.4 is 5.32 Å². The molecule has 0 unspecified atom stereocenters. The first-order valence-corrected chi connectivity index (χ1v) is 12.1. The molecule has 4 heterocycles. The van der Waals surface area contributed by atoms with Gasteiger partial charge in [-0.1, -0.05) is 13.8 Å². The standard InChI is InChI=1S/C22H31N3O6S/c1-10(6-11(2)26)16-17-12(3)19(18(22(30)31)25(17)21(16)29)32-14-7-15(23-8-14)20(28)24-5-4-13(27)9-24/h10,12-17,23,27H,4-9H2,1-3H3,(H,30,31)/t10-,12+,13-,14-,15-,16+,17+/m0/s1. The number of aliphatic hydroxyl groups excluding tert-OH is 1. The number of likely N-dealkylation sites (tertiary alicyclic amines) is 1. The van der Waals surface area contributed by atoms with E-state index in [4.69, 9.17) is 0 Å². The van der Waals surface area contributed by atoms with Crippen LogP contribution in [-0.2, 0) is 19.2 Å². The van der Waals surface area contributed by atoms with Crippen LogP contribution in [0.5, 0.6) is 0 Å². The Kier molecular flexibility index (Phi) is 6.39. The number of hydrogen-bond acceptors (Lipinski definition) is 7. The lowest BCUT2D eigenvalue weighted by Crippen LogP contribution is -2.62. The van der Waals surface area contributed by atoms with Crippen molar-refractivity contribution in [3.8, 4) is 0 Å². The molecule has 4 aliphatic rings. The van der Waals surface area contributed by atoms with E-state index in [1.54, 1.807) is 4.90 Å². The molecule has 7 atom stereocenters. The van der Waals surface area contributed by atoms with Gasteiger partial charge in [-0.15, -0.1) is 11.8 Å². The molecule has 0 aliphatic carbocycles. The minimum Gasteiger partial charge on any atom is -0.477 e. The molecule has 0 bridgehead atoms. The quantitative estimate of drug-likeness (QED) is 0.462. The van der Waals surface area contributed by atoms with Crippen LogP contribution in [0.1, 0.15) is 40.0 Å². The summed E-state index contributed by atoms with van der Waals surface area (Å²) in [5, 5.41) is 22.8. The zero-order valence-electron chi connectivity index (χ0n) is 18.6. The van der Waals surface area contributed by atoms with Gasteiger partial charge in [0, 0.05) is 42.1 Å². The first kappa shape index (κ1) is 23.3. The summed E-state index contributed by atoms with van der Waals surface area (Å²) in [6.07, 6.45) is 1.01. The van der Waals surface area contributed by atoms with E-state index in [9.17, 15) is 29.4 Å². The lowest BCUT2D eigenvalue weighted by Gasteiger charge is -2.47. The molecule has 0 radical (unpaired) electrons. The summed E-state index contributed by atoms with van der Waals surface area (Å²) in [6.45, 7) is 6.83.